The van der Waals surface area contributed by atoms with Gasteiger partial charge in [0.05, 0.1) is 0 Å². The number of hydrogen-bond donors (Lipinski definition) is 1. The fourth-order valence-electron chi connectivity index (χ4n) is 2.41. The fraction of sp³-hybridized carbons (Fsp3) is 0.500. The summed E-state index contributed by atoms with van der Waals surface area (Å²) < 4.78 is 5.92. The number of para-hydroxylation sites is 1. The lowest BCUT2D eigenvalue weighted by Crippen LogP contribution is -2.22. The van der Waals surface area contributed by atoms with Crippen LogP contribution >= 0.6 is 0 Å². The van der Waals surface area contributed by atoms with Crippen molar-refractivity contribution in [2.45, 2.75) is 25.0 Å². The van der Waals surface area contributed by atoms with Gasteiger partial charge in [-0.3, -0.25) is 0 Å². The Balaban J connectivity index is 1.73. The third-order valence-corrected chi connectivity index (χ3v) is 3.36. The van der Waals surface area contributed by atoms with Crippen LogP contribution in [0.3, 0.4) is 0 Å². The van der Waals surface area contributed by atoms with Gasteiger partial charge in [0.1, 0.15) is 11.9 Å². The molecule has 1 fully saturated rings. The molecule has 3 rings (SSSR count). The molecular formula is C12H15NO. The maximum atomic E-state index is 5.92. The van der Waals surface area contributed by atoms with E-state index in [0.717, 1.165) is 18.1 Å². The van der Waals surface area contributed by atoms with Gasteiger partial charge >= 0.3 is 0 Å². The van der Waals surface area contributed by atoms with E-state index in [9.17, 15) is 0 Å². The Morgan fingerprint density at radius 2 is 2.21 bits per heavy atom. The van der Waals surface area contributed by atoms with Crippen LogP contribution in [0.2, 0.25) is 0 Å². The van der Waals surface area contributed by atoms with Gasteiger partial charge in [0.15, 0.2) is 0 Å². The summed E-state index contributed by atoms with van der Waals surface area (Å²) in [5, 5.41) is 3.31. The van der Waals surface area contributed by atoms with Gasteiger partial charge in [0.2, 0.25) is 0 Å². The predicted molar refractivity (Wildman–Crippen MR) is 55.5 cm³/mol. The molecule has 2 aliphatic rings. The normalized spacial score (nSPS) is 33.6. The minimum Gasteiger partial charge on any atom is -0.489 e. The van der Waals surface area contributed by atoms with Crippen LogP contribution in [0.4, 0.5) is 0 Å². The summed E-state index contributed by atoms with van der Waals surface area (Å²) in [6.45, 7) is 0. The molecule has 2 heteroatoms. The van der Waals surface area contributed by atoms with Crippen molar-refractivity contribution in [3.8, 4) is 5.75 Å². The molecule has 1 aromatic rings. The van der Waals surface area contributed by atoms with Gasteiger partial charge < -0.3 is 10.1 Å². The fourth-order valence-corrected chi connectivity index (χ4v) is 2.41. The van der Waals surface area contributed by atoms with Crippen LogP contribution in [0, 0.1) is 5.92 Å². The van der Waals surface area contributed by atoms with Crippen LogP contribution in [0.5, 0.6) is 5.75 Å². The molecule has 14 heavy (non-hydrogen) atoms. The van der Waals surface area contributed by atoms with E-state index in [4.69, 9.17) is 4.74 Å². The molecule has 0 amide bonds. The Kier molecular flexibility index (Phi) is 1.77. The van der Waals surface area contributed by atoms with Gasteiger partial charge in [-0.1, -0.05) is 18.2 Å². The predicted octanol–water partition coefficient (Wildman–Crippen LogP) is 1.60. The van der Waals surface area contributed by atoms with E-state index < -0.39 is 0 Å². The SMILES string of the molecule is CN[C@@H]1C[C@@H]1C1Cc2ccccc2O1. The van der Waals surface area contributed by atoms with Crippen LogP contribution in [0.1, 0.15) is 12.0 Å². The second kappa shape index (κ2) is 2.99. The number of benzene rings is 1. The van der Waals surface area contributed by atoms with Gasteiger partial charge in [0, 0.05) is 18.4 Å². The van der Waals surface area contributed by atoms with E-state index in [1.54, 1.807) is 0 Å². The topological polar surface area (TPSA) is 21.3 Å². The summed E-state index contributed by atoms with van der Waals surface area (Å²) in [4.78, 5) is 0. The number of nitrogens with one attached hydrogen (secondary N) is 1. The number of hydrogen-bond acceptors (Lipinski definition) is 2. The zero-order chi connectivity index (χ0) is 9.54. The van der Waals surface area contributed by atoms with E-state index in [1.165, 1.54) is 12.0 Å². The maximum absolute atomic E-state index is 5.92. The zero-order valence-electron chi connectivity index (χ0n) is 8.36. The van der Waals surface area contributed by atoms with Crippen LogP contribution < -0.4 is 10.1 Å². The van der Waals surface area contributed by atoms with Crippen LogP contribution in [-0.2, 0) is 6.42 Å². The standard InChI is InChI=1S/C12H15NO/c1-13-10-7-9(10)12-6-8-4-2-3-5-11(8)14-12/h2-5,9-10,12-13H,6-7H2,1H3/t9-,10+,12?/m0/s1. The van der Waals surface area contributed by atoms with Crippen molar-refractivity contribution in [2.75, 3.05) is 7.05 Å². The first-order valence-electron chi connectivity index (χ1n) is 5.30. The molecule has 1 aliphatic carbocycles. The molecule has 0 spiro atoms. The van der Waals surface area contributed by atoms with Crippen LogP contribution in [0.25, 0.3) is 0 Å². The van der Waals surface area contributed by atoms with Crippen molar-refractivity contribution in [3.05, 3.63) is 29.8 Å². The molecule has 1 aliphatic heterocycles. The summed E-state index contributed by atoms with van der Waals surface area (Å²) in [6, 6.07) is 9.07. The first-order chi connectivity index (χ1) is 6.88. The second-order valence-corrected chi connectivity index (χ2v) is 4.26. The molecule has 74 valence electrons. The van der Waals surface area contributed by atoms with Crippen molar-refractivity contribution in [1.82, 2.24) is 5.32 Å². The smallest absolute Gasteiger partial charge is 0.123 e. The molecular weight excluding hydrogens is 174 g/mol. The van der Waals surface area contributed by atoms with Crippen LogP contribution in [-0.4, -0.2) is 19.2 Å². The highest BCUT2D eigenvalue weighted by atomic mass is 16.5. The third-order valence-electron chi connectivity index (χ3n) is 3.36. The molecule has 0 radical (unpaired) electrons. The first kappa shape index (κ1) is 8.30. The molecule has 0 aromatic heterocycles. The lowest BCUT2D eigenvalue weighted by Gasteiger charge is -2.09. The molecule has 1 N–H and O–H groups in total. The minimum atomic E-state index is 0.421. The Bertz CT molecular complexity index is 325. The Morgan fingerprint density at radius 1 is 1.36 bits per heavy atom. The van der Waals surface area contributed by atoms with E-state index in [2.05, 4.69) is 23.5 Å². The molecule has 1 heterocycles. The Morgan fingerprint density at radius 3 is 2.93 bits per heavy atom. The van der Waals surface area contributed by atoms with Crippen molar-refractivity contribution in [1.29, 1.82) is 0 Å². The lowest BCUT2D eigenvalue weighted by molar-refractivity contribution is 0.203. The summed E-state index contributed by atoms with van der Waals surface area (Å²) in [5.74, 6) is 1.83. The van der Waals surface area contributed by atoms with Crippen molar-refractivity contribution >= 4 is 0 Å². The molecule has 0 saturated heterocycles. The second-order valence-electron chi connectivity index (χ2n) is 4.26. The van der Waals surface area contributed by atoms with Crippen LogP contribution in [0.15, 0.2) is 24.3 Å². The number of rotatable bonds is 2. The number of ether oxygens (including phenoxy) is 1. The summed E-state index contributed by atoms with van der Waals surface area (Å²) in [5.41, 5.74) is 1.37. The monoisotopic (exact) mass is 189 g/mol. The van der Waals surface area contributed by atoms with E-state index in [-0.39, 0.29) is 0 Å². The van der Waals surface area contributed by atoms with Crippen molar-refractivity contribution in [3.63, 3.8) is 0 Å². The summed E-state index contributed by atoms with van der Waals surface area (Å²) in [7, 11) is 2.03. The summed E-state index contributed by atoms with van der Waals surface area (Å²) >= 11 is 0. The van der Waals surface area contributed by atoms with Gasteiger partial charge in [0.25, 0.3) is 0 Å². The van der Waals surface area contributed by atoms with Crippen molar-refractivity contribution in [2.24, 2.45) is 5.92 Å². The average Bonchev–Trinajstić information content (AvgIpc) is 2.89. The largest absolute Gasteiger partial charge is 0.489 e. The molecule has 1 aromatic carbocycles. The highest BCUT2D eigenvalue weighted by Crippen LogP contribution is 2.41. The maximum Gasteiger partial charge on any atom is 0.123 e. The number of fused-ring (bicyclic) bond motifs is 1. The van der Waals surface area contributed by atoms with E-state index in [1.807, 2.05) is 13.1 Å². The highest BCUT2D eigenvalue weighted by Gasteiger charge is 2.45. The highest BCUT2D eigenvalue weighted by molar-refractivity contribution is 5.38. The molecule has 0 bridgehead atoms. The quantitative estimate of drug-likeness (QED) is 0.763. The van der Waals surface area contributed by atoms with E-state index >= 15 is 0 Å². The van der Waals surface area contributed by atoms with Gasteiger partial charge in [-0.25, -0.2) is 0 Å². The average molecular weight is 189 g/mol. The summed E-state index contributed by atoms with van der Waals surface area (Å²) in [6.07, 6.45) is 2.79. The third kappa shape index (κ3) is 1.22. The Hall–Kier alpha value is -1.02. The molecule has 1 saturated carbocycles. The molecule has 2 nitrogen and oxygen atoms in total. The minimum absolute atomic E-state index is 0.421. The van der Waals surface area contributed by atoms with Gasteiger partial charge in [-0.2, -0.15) is 0 Å². The van der Waals surface area contributed by atoms with Gasteiger partial charge in [-0.05, 0) is 25.1 Å². The Labute approximate surface area is 84.3 Å². The lowest BCUT2D eigenvalue weighted by atomic mass is 10.1. The van der Waals surface area contributed by atoms with Gasteiger partial charge in [-0.15, -0.1) is 0 Å². The first-order valence-corrected chi connectivity index (χ1v) is 5.30. The van der Waals surface area contributed by atoms with Crippen molar-refractivity contribution < 1.29 is 4.74 Å². The zero-order valence-corrected chi connectivity index (χ0v) is 8.36. The molecule has 3 atom stereocenters. The van der Waals surface area contributed by atoms with E-state index in [0.29, 0.717) is 12.1 Å². The molecule has 1 unspecified atom stereocenters.